The number of para-hydroxylation sites is 1. The molecule has 1 aliphatic heterocycles. The number of carbonyl (C=O) groups excluding carboxylic acids is 1. The molecular weight excluding hydrogens is 404 g/mol. The fraction of sp³-hybridized carbons (Fsp3) is 0.238. The molecule has 1 atom stereocenters. The number of nitriles is 1. The van der Waals surface area contributed by atoms with E-state index in [4.69, 9.17) is 19.2 Å². The summed E-state index contributed by atoms with van der Waals surface area (Å²) in [6.07, 6.45) is 0.243. The number of hydrogen-bond donors (Lipinski definition) is 0. The number of aromatic nitrogens is 2. The van der Waals surface area contributed by atoms with E-state index in [2.05, 4.69) is 16.3 Å². The molecule has 0 aliphatic carbocycles. The number of benzene rings is 2. The van der Waals surface area contributed by atoms with Crippen molar-refractivity contribution in [1.82, 2.24) is 10.2 Å². The zero-order valence-corrected chi connectivity index (χ0v) is 17.0. The molecule has 2 aromatic carbocycles. The SMILES string of the molecule is CC(Sc1nnc(-c2ccc3c(c2)OCO3)o1)C(=O)N(CCC#N)c1ccccc1. The van der Waals surface area contributed by atoms with Crippen molar-refractivity contribution < 1.29 is 18.7 Å². The molecular formula is C21H18N4O4S. The highest BCUT2D eigenvalue weighted by Crippen LogP contribution is 2.36. The molecule has 0 N–H and O–H groups in total. The highest BCUT2D eigenvalue weighted by Gasteiger charge is 2.25. The minimum absolute atomic E-state index is 0.135. The molecule has 152 valence electrons. The summed E-state index contributed by atoms with van der Waals surface area (Å²) in [7, 11) is 0. The van der Waals surface area contributed by atoms with Gasteiger partial charge in [-0.3, -0.25) is 4.79 Å². The molecule has 8 nitrogen and oxygen atoms in total. The number of rotatable bonds is 7. The van der Waals surface area contributed by atoms with Crippen molar-refractivity contribution in [3.8, 4) is 29.0 Å². The van der Waals surface area contributed by atoms with Gasteiger partial charge in [0.05, 0.1) is 17.7 Å². The molecule has 1 aliphatic rings. The normalized spacial score (nSPS) is 12.9. The van der Waals surface area contributed by atoms with Gasteiger partial charge in [-0.1, -0.05) is 30.0 Å². The smallest absolute Gasteiger partial charge is 0.277 e. The van der Waals surface area contributed by atoms with Gasteiger partial charge in [-0.15, -0.1) is 10.2 Å². The molecule has 0 bridgehead atoms. The van der Waals surface area contributed by atoms with Gasteiger partial charge in [-0.05, 0) is 37.3 Å². The lowest BCUT2D eigenvalue weighted by Gasteiger charge is -2.24. The van der Waals surface area contributed by atoms with Crippen LogP contribution in [0.25, 0.3) is 11.5 Å². The van der Waals surface area contributed by atoms with Gasteiger partial charge >= 0.3 is 0 Å². The maximum absolute atomic E-state index is 13.0. The van der Waals surface area contributed by atoms with Gasteiger partial charge in [-0.2, -0.15) is 5.26 Å². The van der Waals surface area contributed by atoms with Crippen LogP contribution in [0.1, 0.15) is 13.3 Å². The van der Waals surface area contributed by atoms with Crippen LogP contribution in [-0.4, -0.2) is 34.7 Å². The third kappa shape index (κ3) is 4.23. The van der Waals surface area contributed by atoms with Crippen molar-refractivity contribution >= 4 is 23.4 Å². The first kappa shape index (κ1) is 19.8. The third-order valence-corrected chi connectivity index (χ3v) is 5.35. The minimum Gasteiger partial charge on any atom is -0.454 e. The molecule has 0 saturated heterocycles. The highest BCUT2D eigenvalue weighted by molar-refractivity contribution is 8.00. The van der Waals surface area contributed by atoms with E-state index < -0.39 is 5.25 Å². The summed E-state index contributed by atoms with van der Waals surface area (Å²) in [6, 6.07) is 16.7. The Hall–Kier alpha value is -3.51. The van der Waals surface area contributed by atoms with Crippen LogP contribution >= 0.6 is 11.8 Å². The van der Waals surface area contributed by atoms with Gasteiger partial charge in [-0.25, -0.2) is 0 Å². The first-order chi connectivity index (χ1) is 14.7. The van der Waals surface area contributed by atoms with Crippen LogP contribution in [0, 0.1) is 11.3 Å². The van der Waals surface area contributed by atoms with Crippen molar-refractivity contribution in [2.75, 3.05) is 18.2 Å². The second-order valence-corrected chi connectivity index (χ2v) is 7.73. The molecule has 1 unspecified atom stereocenters. The summed E-state index contributed by atoms with van der Waals surface area (Å²) in [5.41, 5.74) is 1.45. The first-order valence-corrected chi connectivity index (χ1v) is 10.2. The van der Waals surface area contributed by atoms with Crippen LogP contribution < -0.4 is 14.4 Å². The maximum atomic E-state index is 13.0. The average Bonchev–Trinajstić information content (AvgIpc) is 3.43. The third-order valence-electron chi connectivity index (χ3n) is 4.43. The van der Waals surface area contributed by atoms with E-state index in [0.717, 1.165) is 5.69 Å². The second kappa shape index (κ2) is 8.88. The molecule has 0 saturated carbocycles. The van der Waals surface area contributed by atoms with E-state index in [9.17, 15) is 4.79 Å². The molecule has 0 radical (unpaired) electrons. The molecule has 0 fully saturated rings. The number of anilines is 1. The van der Waals surface area contributed by atoms with Crippen LogP contribution in [0.4, 0.5) is 5.69 Å². The number of nitrogens with zero attached hydrogens (tertiary/aromatic N) is 4. The van der Waals surface area contributed by atoms with Crippen molar-refractivity contribution in [2.45, 2.75) is 23.8 Å². The number of ether oxygens (including phenoxy) is 2. The molecule has 1 amide bonds. The molecule has 30 heavy (non-hydrogen) atoms. The first-order valence-electron chi connectivity index (χ1n) is 9.29. The minimum atomic E-state index is -0.478. The fourth-order valence-electron chi connectivity index (χ4n) is 2.96. The monoisotopic (exact) mass is 422 g/mol. The molecule has 9 heteroatoms. The van der Waals surface area contributed by atoms with E-state index in [1.165, 1.54) is 11.8 Å². The van der Waals surface area contributed by atoms with Gasteiger partial charge in [0.2, 0.25) is 18.6 Å². The van der Waals surface area contributed by atoms with E-state index in [-0.39, 0.29) is 24.3 Å². The number of carbonyl (C=O) groups is 1. The van der Waals surface area contributed by atoms with Gasteiger partial charge in [0.1, 0.15) is 0 Å². The average molecular weight is 422 g/mol. The van der Waals surface area contributed by atoms with Gasteiger partial charge < -0.3 is 18.8 Å². The lowest BCUT2D eigenvalue weighted by Crippen LogP contribution is -2.37. The maximum Gasteiger partial charge on any atom is 0.277 e. The largest absolute Gasteiger partial charge is 0.454 e. The summed E-state index contributed by atoms with van der Waals surface area (Å²) in [5, 5.41) is 16.9. The summed E-state index contributed by atoms with van der Waals surface area (Å²) in [5.74, 6) is 1.49. The quantitative estimate of drug-likeness (QED) is 0.529. The summed E-state index contributed by atoms with van der Waals surface area (Å²) in [4.78, 5) is 14.6. The van der Waals surface area contributed by atoms with Crippen LogP contribution in [0.2, 0.25) is 0 Å². The summed E-state index contributed by atoms with van der Waals surface area (Å²) < 4.78 is 16.4. The topological polar surface area (TPSA) is 101 Å². The molecule has 3 aromatic rings. The predicted molar refractivity (Wildman–Crippen MR) is 110 cm³/mol. The number of hydrogen-bond acceptors (Lipinski definition) is 8. The van der Waals surface area contributed by atoms with Crippen molar-refractivity contribution in [1.29, 1.82) is 5.26 Å². The zero-order chi connectivity index (χ0) is 20.9. The second-order valence-electron chi connectivity index (χ2n) is 6.43. The number of fused-ring (bicyclic) bond motifs is 1. The van der Waals surface area contributed by atoms with Crippen molar-refractivity contribution in [3.63, 3.8) is 0 Å². The van der Waals surface area contributed by atoms with Gasteiger partial charge in [0, 0.05) is 17.8 Å². The highest BCUT2D eigenvalue weighted by atomic mass is 32.2. The summed E-state index contributed by atoms with van der Waals surface area (Å²) >= 11 is 1.18. The zero-order valence-electron chi connectivity index (χ0n) is 16.1. The standard InChI is InChI=1S/C21H18N4O4S/c1-14(20(26)25(11-5-10-22)16-6-3-2-4-7-16)30-21-24-23-19(29-21)15-8-9-17-18(12-15)28-13-27-17/h2-4,6-9,12,14H,5,11,13H2,1H3. The number of amides is 1. The van der Waals surface area contributed by atoms with E-state index >= 15 is 0 Å². The lowest BCUT2D eigenvalue weighted by atomic mass is 10.2. The Bertz CT molecular complexity index is 1080. The Morgan fingerprint density at radius 1 is 1.20 bits per heavy atom. The predicted octanol–water partition coefficient (Wildman–Crippen LogP) is 3.89. The van der Waals surface area contributed by atoms with E-state index in [0.29, 0.717) is 29.5 Å². The van der Waals surface area contributed by atoms with E-state index in [1.807, 2.05) is 36.4 Å². The van der Waals surface area contributed by atoms with Crippen molar-refractivity contribution in [2.24, 2.45) is 0 Å². The fourth-order valence-corrected chi connectivity index (χ4v) is 3.71. The Balaban J connectivity index is 1.47. The Kier molecular flexibility index (Phi) is 5.86. The van der Waals surface area contributed by atoms with Gasteiger partial charge in [0.15, 0.2) is 11.5 Å². The number of thioether (sulfide) groups is 1. The Morgan fingerprint density at radius 2 is 2.00 bits per heavy atom. The van der Waals surface area contributed by atoms with Crippen LogP contribution in [-0.2, 0) is 4.79 Å². The van der Waals surface area contributed by atoms with E-state index in [1.54, 1.807) is 24.0 Å². The Labute approximate surface area is 177 Å². The molecule has 0 spiro atoms. The molecule has 4 rings (SSSR count). The Morgan fingerprint density at radius 3 is 2.80 bits per heavy atom. The molecule has 1 aromatic heterocycles. The van der Waals surface area contributed by atoms with Crippen LogP contribution in [0.15, 0.2) is 58.2 Å². The van der Waals surface area contributed by atoms with Gasteiger partial charge in [0.25, 0.3) is 5.22 Å². The van der Waals surface area contributed by atoms with Crippen molar-refractivity contribution in [3.05, 3.63) is 48.5 Å². The van der Waals surface area contributed by atoms with Crippen LogP contribution in [0.3, 0.4) is 0 Å². The summed E-state index contributed by atoms with van der Waals surface area (Å²) in [6.45, 7) is 2.28. The molecule has 2 heterocycles. The van der Waals surface area contributed by atoms with Crippen LogP contribution in [0.5, 0.6) is 11.5 Å². The lowest BCUT2D eigenvalue weighted by molar-refractivity contribution is -0.117.